The molecule has 2 saturated heterocycles. The smallest absolute Gasteiger partial charge is 0.243 e. The highest BCUT2D eigenvalue weighted by Crippen LogP contribution is 2.27. The molecule has 0 saturated carbocycles. The minimum atomic E-state index is -3.57. The molecular formula is C21H28ClN5O2S. The van der Waals surface area contributed by atoms with Crippen molar-refractivity contribution in [3.63, 3.8) is 0 Å². The number of piperidine rings is 1. The van der Waals surface area contributed by atoms with Crippen LogP contribution in [0.4, 0.5) is 11.6 Å². The zero-order chi connectivity index (χ0) is 21.3. The summed E-state index contributed by atoms with van der Waals surface area (Å²) in [6, 6.07) is 9.02. The van der Waals surface area contributed by atoms with Gasteiger partial charge in [-0.25, -0.2) is 8.42 Å². The first-order chi connectivity index (χ1) is 14.4. The third-order valence-corrected chi connectivity index (χ3v) is 8.59. The zero-order valence-corrected chi connectivity index (χ0v) is 19.0. The molecule has 3 heterocycles. The largest absolute Gasteiger partial charge is 0.355 e. The van der Waals surface area contributed by atoms with Gasteiger partial charge in [0.15, 0.2) is 11.6 Å². The molecule has 1 aromatic carbocycles. The summed E-state index contributed by atoms with van der Waals surface area (Å²) >= 11 is 6.13. The highest BCUT2D eigenvalue weighted by molar-refractivity contribution is 7.89. The normalized spacial score (nSPS) is 19.3. The van der Waals surface area contributed by atoms with E-state index < -0.39 is 10.0 Å². The molecule has 0 unspecified atom stereocenters. The van der Waals surface area contributed by atoms with Crippen LogP contribution in [0.25, 0.3) is 0 Å². The van der Waals surface area contributed by atoms with Gasteiger partial charge in [0.1, 0.15) is 0 Å². The van der Waals surface area contributed by atoms with Gasteiger partial charge in [-0.3, -0.25) is 0 Å². The number of halogens is 1. The quantitative estimate of drug-likeness (QED) is 0.714. The third-order valence-electron chi connectivity index (χ3n) is 6.14. The number of benzene rings is 1. The van der Waals surface area contributed by atoms with Crippen molar-refractivity contribution in [2.75, 3.05) is 49.1 Å². The molecule has 1 aromatic heterocycles. The molecule has 0 radical (unpaired) electrons. The van der Waals surface area contributed by atoms with Crippen molar-refractivity contribution < 1.29 is 8.42 Å². The van der Waals surface area contributed by atoms with Crippen molar-refractivity contribution in [1.29, 1.82) is 0 Å². The highest BCUT2D eigenvalue weighted by atomic mass is 35.5. The van der Waals surface area contributed by atoms with Crippen LogP contribution in [-0.2, 0) is 10.0 Å². The minimum Gasteiger partial charge on any atom is -0.355 e. The van der Waals surface area contributed by atoms with Gasteiger partial charge in [-0.2, -0.15) is 4.31 Å². The maximum Gasteiger partial charge on any atom is 0.243 e. The van der Waals surface area contributed by atoms with Crippen molar-refractivity contribution in [2.45, 2.75) is 31.6 Å². The van der Waals surface area contributed by atoms with Gasteiger partial charge < -0.3 is 9.80 Å². The van der Waals surface area contributed by atoms with Crippen molar-refractivity contribution in [3.05, 3.63) is 40.9 Å². The predicted molar refractivity (Wildman–Crippen MR) is 120 cm³/mol. The average Bonchev–Trinajstić information content (AvgIpc) is 2.76. The first-order valence-electron chi connectivity index (χ1n) is 10.4. The van der Waals surface area contributed by atoms with Gasteiger partial charge in [-0.1, -0.05) is 24.6 Å². The van der Waals surface area contributed by atoms with E-state index in [4.69, 9.17) is 11.6 Å². The van der Waals surface area contributed by atoms with E-state index in [0.29, 0.717) is 36.8 Å². The molecule has 30 heavy (non-hydrogen) atoms. The molecule has 0 bridgehead atoms. The van der Waals surface area contributed by atoms with Crippen molar-refractivity contribution in [1.82, 2.24) is 14.5 Å². The van der Waals surface area contributed by atoms with Gasteiger partial charge in [-0.15, -0.1) is 10.2 Å². The molecule has 0 amide bonds. The van der Waals surface area contributed by atoms with E-state index in [0.717, 1.165) is 30.6 Å². The fraction of sp³-hybridized carbons (Fsp3) is 0.524. The van der Waals surface area contributed by atoms with Crippen LogP contribution < -0.4 is 9.80 Å². The van der Waals surface area contributed by atoms with Gasteiger partial charge in [0, 0.05) is 44.3 Å². The molecular weight excluding hydrogens is 422 g/mol. The second-order valence-corrected chi connectivity index (χ2v) is 10.5. The number of nitrogens with zero attached hydrogens (tertiary/aromatic N) is 5. The molecule has 2 fully saturated rings. The number of piperazine rings is 1. The lowest BCUT2D eigenvalue weighted by Gasteiger charge is -2.35. The van der Waals surface area contributed by atoms with E-state index in [1.165, 1.54) is 17.1 Å². The summed E-state index contributed by atoms with van der Waals surface area (Å²) < 4.78 is 27.6. The van der Waals surface area contributed by atoms with Crippen molar-refractivity contribution >= 4 is 33.3 Å². The van der Waals surface area contributed by atoms with Gasteiger partial charge >= 0.3 is 0 Å². The fourth-order valence-corrected chi connectivity index (χ4v) is 5.96. The summed E-state index contributed by atoms with van der Waals surface area (Å²) in [6.07, 6.45) is 2.37. The van der Waals surface area contributed by atoms with E-state index in [1.54, 1.807) is 25.1 Å². The number of anilines is 2. The van der Waals surface area contributed by atoms with Gasteiger partial charge in [0.25, 0.3) is 0 Å². The van der Waals surface area contributed by atoms with Crippen LogP contribution >= 0.6 is 11.6 Å². The van der Waals surface area contributed by atoms with Crippen LogP contribution in [-0.4, -0.2) is 62.2 Å². The maximum absolute atomic E-state index is 13.1. The fourth-order valence-electron chi connectivity index (χ4n) is 4.06. The average molecular weight is 450 g/mol. The molecule has 7 nitrogen and oxygen atoms in total. The standard InChI is InChI=1S/C21H28ClN5O2S/c1-16-8-10-25(11-9-16)20-6-7-21(24-23-20)26-12-14-27(15-13-26)30(28,29)19-5-3-4-18(22)17(19)2/h3-7,16H,8-15H2,1-2H3. The van der Waals surface area contributed by atoms with Gasteiger partial charge in [-0.05, 0) is 55.5 Å². The monoisotopic (exact) mass is 449 g/mol. The number of hydrogen-bond donors (Lipinski definition) is 0. The highest BCUT2D eigenvalue weighted by Gasteiger charge is 2.30. The third kappa shape index (κ3) is 4.26. The summed E-state index contributed by atoms with van der Waals surface area (Å²) in [4.78, 5) is 4.66. The predicted octanol–water partition coefficient (Wildman–Crippen LogP) is 3.19. The van der Waals surface area contributed by atoms with Crippen LogP contribution in [0.2, 0.25) is 5.02 Å². The maximum atomic E-state index is 13.1. The van der Waals surface area contributed by atoms with E-state index in [1.807, 2.05) is 12.1 Å². The molecule has 0 atom stereocenters. The van der Waals surface area contributed by atoms with Crippen LogP contribution in [0.3, 0.4) is 0 Å². The Morgan fingerprint density at radius 2 is 1.47 bits per heavy atom. The Labute approximate surface area is 183 Å². The second kappa shape index (κ2) is 8.69. The summed E-state index contributed by atoms with van der Waals surface area (Å²) in [5.74, 6) is 2.49. The van der Waals surface area contributed by atoms with Crippen LogP contribution in [0, 0.1) is 12.8 Å². The first kappa shape index (κ1) is 21.3. The van der Waals surface area contributed by atoms with E-state index in [9.17, 15) is 8.42 Å². The summed E-state index contributed by atoms with van der Waals surface area (Å²) in [5, 5.41) is 9.31. The Bertz CT molecular complexity index is 983. The SMILES string of the molecule is Cc1c(Cl)cccc1S(=O)(=O)N1CCN(c2ccc(N3CCC(C)CC3)nn2)CC1. The van der Waals surface area contributed by atoms with Crippen molar-refractivity contribution in [3.8, 4) is 0 Å². The van der Waals surface area contributed by atoms with E-state index in [-0.39, 0.29) is 4.90 Å². The Balaban J connectivity index is 1.40. The first-order valence-corrected chi connectivity index (χ1v) is 12.3. The lowest BCUT2D eigenvalue weighted by atomic mass is 9.99. The zero-order valence-electron chi connectivity index (χ0n) is 17.5. The lowest BCUT2D eigenvalue weighted by Crippen LogP contribution is -2.49. The molecule has 2 aliphatic rings. The number of hydrogen-bond acceptors (Lipinski definition) is 6. The minimum absolute atomic E-state index is 0.281. The Kier molecular flexibility index (Phi) is 6.18. The Hall–Kier alpha value is -1.90. The molecule has 2 aromatic rings. The number of rotatable bonds is 4. The molecule has 0 spiro atoms. The molecule has 9 heteroatoms. The lowest BCUT2D eigenvalue weighted by molar-refractivity contribution is 0.383. The summed E-state index contributed by atoms with van der Waals surface area (Å²) in [7, 11) is -3.57. The van der Waals surface area contributed by atoms with Crippen molar-refractivity contribution in [2.24, 2.45) is 5.92 Å². The van der Waals surface area contributed by atoms with E-state index >= 15 is 0 Å². The molecule has 0 aliphatic carbocycles. The molecule has 2 aliphatic heterocycles. The Morgan fingerprint density at radius 3 is 2.03 bits per heavy atom. The number of sulfonamides is 1. The van der Waals surface area contributed by atoms with Gasteiger partial charge in [0.05, 0.1) is 4.90 Å². The van der Waals surface area contributed by atoms with Crippen LogP contribution in [0.15, 0.2) is 35.2 Å². The number of aromatic nitrogens is 2. The van der Waals surface area contributed by atoms with Crippen LogP contribution in [0.1, 0.15) is 25.3 Å². The van der Waals surface area contributed by atoms with Crippen LogP contribution in [0.5, 0.6) is 0 Å². The Morgan fingerprint density at radius 1 is 0.900 bits per heavy atom. The van der Waals surface area contributed by atoms with Gasteiger partial charge in [0.2, 0.25) is 10.0 Å². The summed E-state index contributed by atoms with van der Waals surface area (Å²) in [5.41, 5.74) is 0.593. The van der Waals surface area contributed by atoms with E-state index in [2.05, 4.69) is 26.9 Å². The summed E-state index contributed by atoms with van der Waals surface area (Å²) in [6.45, 7) is 8.04. The molecule has 0 N–H and O–H groups in total. The second-order valence-electron chi connectivity index (χ2n) is 8.17. The molecule has 162 valence electrons. The topological polar surface area (TPSA) is 69.6 Å². The molecule has 4 rings (SSSR count).